The highest BCUT2D eigenvalue weighted by atomic mass is 16.7. The summed E-state index contributed by atoms with van der Waals surface area (Å²) in [6, 6.07) is -2.96. The lowest BCUT2D eigenvalue weighted by atomic mass is 9.97. The number of hydrogen-bond acceptors (Lipinski definition) is 30. The summed E-state index contributed by atoms with van der Waals surface area (Å²) in [4.78, 5) is 72.5. The fraction of sp³-hybridized carbons (Fsp3) is 0.891. The molecule has 0 spiro atoms. The molecule has 3 saturated heterocycles. The lowest BCUT2D eigenvalue weighted by Gasteiger charge is -2.42. The molecular formula is C55H101N7O29. The van der Waals surface area contributed by atoms with Gasteiger partial charge in [0.05, 0.1) is 176 Å². The average Bonchev–Trinajstić information content (AvgIpc) is 0.969. The number of nitrogens with one attached hydrogen (secondary N) is 6. The Hall–Kier alpha value is -4.14. The van der Waals surface area contributed by atoms with Gasteiger partial charge in [0.1, 0.15) is 54.7 Å². The lowest BCUT2D eigenvalue weighted by Crippen LogP contribution is -2.64. The summed E-state index contributed by atoms with van der Waals surface area (Å²) in [7, 11) is 0. The molecule has 0 aromatic carbocycles. The van der Waals surface area contributed by atoms with Crippen LogP contribution in [0.3, 0.4) is 0 Å². The molecule has 0 aromatic heterocycles. The van der Waals surface area contributed by atoms with Gasteiger partial charge in [-0.05, 0) is 0 Å². The third-order valence-corrected chi connectivity index (χ3v) is 13.6. The van der Waals surface area contributed by atoms with Gasteiger partial charge in [0.2, 0.25) is 35.4 Å². The van der Waals surface area contributed by atoms with Crippen LogP contribution in [-0.2, 0) is 99.8 Å². The predicted molar refractivity (Wildman–Crippen MR) is 310 cm³/mol. The van der Waals surface area contributed by atoms with Crippen molar-refractivity contribution in [3.8, 4) is 0 Å². The van der Waals surface area contributed by atoms with Gasteiger partial charge < -0.3 is 150 Å². The predicted octanol–water partition coefficient (Wildman–Crippen LogP) is -8.74. The molecule has 36 nitrogen and oxygen atoms in total. The van der Waals surface area contributed by atoms with Gasteiger partial charge in [0.15, 0.2) is 18.9 Å². The molecule has 3 fully saturated rings. The molecule has 91 heavy (non-hydrogen) atoms. The van der Waals surface area contributed by atoms with Crippen LogP contribution in [-0.4, -0.2) is 346 Å². The van der Waals surface area contributed by atoms with Crippen LogP contribution in [0.5, 0.6) is 0 Å². The smallest absolute Gasteiger partial charge is 0.222 e. The second kappa shape index (κ2) is 47.7. The first-order chi connectivity index (χ1) is 43.7. The molecule has 36 heteroatoms. The van der Waals surface area contributed by atoms with Crippen molar-refractivity contribution in [1.82, 2.24) is 31.9 Å². The first-order valence-electron chi connectivity index (χ1n) is 30.4. The van der Waals surface area contributed by atoms with Crippen LogP contribution >= 0.6 is 0 Å². The fourth-order valence-corrected chi connectivity index (χ4v) is 8.95. The summed E-state index contributed by atoms with van der Waals surface area (Å²) >= 11 is 0. The first kappa shape index (κ1) is 81.1. The highest BCUT2D eigenvalue weighted by molar-refractivity contribution is 5.77. The molecule has 3 aliphatic heterocycles. The van der Waals surface area contributed by atoms with E-state index in [0.717, 1.165) is 0 Å². The molecule has 3 heterocycles. The second-order valence-electron chi connectivity index (χ2n) is 21.3. The summed E-state index contributed by atoms with van der Waals surface area (Å²) in [6.45, 7) is 4.57. The maximum Gasteiger partial charge on any atom is 0.222 e. The monoisotopic (exact) mass is 1320 g/mol. The Labute approximate surface area is 528 Å². The third kappa shape index (κ3) is 34.2. The third-order valence-electron chi connectivity index (χ3n) is 13.6. The van der Waals surface area contributed by atoms with E-state index in [1.54, 1.807) is 0 Å². The van der Waals surface area contributed by atoms with Crippen molar-refractivity contribution in [2.45, 2.75) is 138 Å². The molecule has 14 atom stereocenters. The van der Waals surface area contributed by atoms with Gasteiger partial charge in [0.25, 0.3) is 0 Å². The van der Waals surface area contributed by atoms with E-state index in [1.807, 2.05) is 0 Å². The number of aliphatic hydroxyl groups excluding tert-OH is 8. The number of rotatable bonds is 51. The summed E-state index contributed by atoms with van der Waals surface area (Å²) in [5, 5.41) is 95.6. The van der Waals surface area contributed by atoms with Gasteiger partial charge in [-0.3, -0.25) is 28.8 Å². The minimum atomic E-state index is -1.44. The molecular weight excluding hydrogens is 1220 g/mol. The number of nitrogens with two attached hydrogens (primary N) is 1. The zero-order chi connectivity index (χ0) is 66.8. The maximum atomic E-state index is 12.6. The fourth-order valence-electron chi connectivity index (χ4n) is 8.95. The van der Waals surface area contributed by atoms with E-state index in [1.165, 1.54) is 20.8 Å². The zero-order valence-electron chi connectivity index (χ0n) is 52.2. The van der Waals surface area contributed by atoms with Crippen LogP contribution < -0.4 is 37.6 Å². The van der Waals surface area contributed by atoms with E-state index in [-0.39, 0.29) is 214 Å². The van der Waals surface area contributed by atoms with Crippen molar-refractivity contribution in [3.05, 3.63) is 0 Å². The molecule has 0 aliphatic carbocycles. The van der Waals surface area contributed by atoms with Gasteiger partial charge in [-0.25, -0.2) is 0 Å². The highest BCUT2D eigenvalue weighted by Gasteiger charge is 2.47. The van der Waals surface area contributed by atoms with E-state index in [4.69, 9.17) is 76.8 Å². The Balaban J connectivity index is 1.31. The van der Waals surface area contributed by atoms with Crippen molar-refractivity contribution < 1.29 is 141 Å². The summed E-state index contributed by atoms with van der Waals surface area (Å²) in [5.41, 5.74) is 5.40. The zero-order valence-corrected chi connectivity index (χ0v) is 52.2. The van der Waals surface area contributed by atoms with Crippen molar-refractivity contribution in [2.75, 3.05) is 178 Å². The molecule has 16 N–H and O–H groups in total. The molecule has 0 bridgehead atoms. The van der Waals surface area contributed by atoms with E-state index in [2.05, 4.69) is 31.9 Å². The molecule has 0 radical (unpaired) electrons. The minimum Gasteiger partial charge on any atom is -0.394 e. The van der Waals surface area contributed by atoms with Crippen LogP contribution in [0.25, 0.3) is 0 Å². The summed E-state index contributed by atoms with van der Waals surface area (Å²) in [6.07, 6.45) is -12.8. The quantitative estimate of drug-likeness (QED) is 0.0252. The maximum absolute atomic E-state index is 12.6. The summed E-state index contributed by atoms with van der Waals surface area (Å²) in [5.74, 6) is -2.30. The van der Waals surface area contributed by atoms with Crippen LogP contribution in [0.2, 0.25) is 0 Å². The average molecular weight is 1320 g/mol. The molecule has 0 saturated carbocycles. The van der Waals surface area contributed by atoms with Crippen molar-refractivity contribution in [1.29, 1.82) is 0 Å². The first-order valence-corrected chi connectivity index (χ1v) is 30.4. The van der Waals surface area contributed by atoms with Crippen LogP contribution in [0.1, 0.15) is 46.5 Å². The molecule has 6 amide bonds. The highest BCUT2D eigenvalue weighted by Crippen LogP contribution is 2.24. The van der Waals surface area contributed by atoms with Gasteiger partial charge in [0, 0.05) is 66.1 Å². The van der Waals surface area contributed by atoms with Crippen molar-refractivity contribution >= 4 is 35.4 Å². The molecule has 3 aliphatic rings. The van der Waals surface area contributed by atoms with Crippen LogP contribution in [0.15, 0.2) is 0 Å². The van der Waals surface area contributed by atoms with Gasteiger partial charge in [-0.1, -0.05) is 0 Å². The minimum absolute atomic E-state index is 0.00582. The largest absolute Gasteiger partial charge is 0.394 e. The van der Waals surface area contributed by atoms with E-state index >= 15 is 0 Å². The Bertz CT molecular complexity index is 1930. The van der Waals surface area contributed by atoms with Crippen LogP contribution in [0, 0.1) is 0 Å². The Morgan fingerprint density at radius 1 is 0.407 bits per heavy atom. The number of aliphatic hydroxyl groups is 8. The SMILES string of the molecule is CC(=O)NC1C(O)CC(CO)OC1OCCOCCOCCNC(=O)CCOCC(N)(COCCC(=O)NCCOCCOCCOC1OC(CO)C(O)C(O)C1NC(C)=O)COCCC(=O)NCCOCCOCCOC1OC(CO)C(O)C(O)C1NC(C)=O. The van der Waals surface area contributed by atoms with Crippen molar-refractivity contribution in [2.24, 2.45) is 5.73 Å². The molecule has 14 unspecified atom stereocenters. The Kier molecular flexibility index (Phi) is 42.5. The normalized spacial score (nSPS) is 26.5. The van der Waals surface area contributed by atoms with Crippen molar-refractivity contribution in [3.63, 3.8) is 0 Å². The summed E-state index contributed by atoms with van der Waals surface area (Å²) < 4.78 is 83.9. The number of hydrogen-bond donors (Lipinski definition) is 15. The van der Waals surface area contributed by atoms with E-state index < -0.39 is 116 Å². The number of carbonyl (C=O) groups excluding carboxylic acids is 6. The lowest BCUT2D eigenvalue weighted by molar-refractivity contribution is -0.272. The molecule has 0 aromatic rings. The van der Waals surface area contributed by atoms with Gasteiger partial charge >= 0.3 is 0 Å². The molecule has 3 rings (SSSR count). The topological polar surface area (TPSA) is 501 Å². The van der Waals surface area contributed by atoms with E-state index in [9.17, 15) is 69.6 Å². The Morgan fingerprint density at radius 3 is 1.03 bits per heavy atom. The second-order valence-corrected chi connectivity index (χ2v) is 21.3. The van der Waals surface area contributed by atoms with Crippen LogP contribution in [0.4, 0.5) is 0 Å². The molecule has 530 valence electrons. The number of carbonyl (C=O) groups is 6. The standard InChI is InChI=1S/C55H101N7O29/c1-35(66)60-45-39(69)28-38(29-63)89-52(45)86-25-22-80-19-16-77-13-7-57-42(70)4-10-83-32-55(56,33-84-11-5-43(71)58-8-14-78-17-20-81-23-26-87-53-46(61-36(2)67)50(75)48(73)40(30-64)90-53)34-85-12-6-44(72)59-9-15-79-18-21-82-24-27-88-54-47(62-37(3)68)51(76)49(74)41(31-65)91-54/h38-41,45-54,63-65,69,73-76H,4-34,56H2,1-3H3,(H,57,70)(H,58,71)(H,59,72)(H,60,66)(H,61,67)(H,62,68). The van der Waals surface area contributed by atoms with Gasteiger partial charge in [-0.2, -0.15) is 0 Å². The number of amides is 6. The van der Waals surface area contributed by atoms with E-state index in [0.29, 0.717) is 0 Å². The Morgan fingerprint density at radius 2 is 0.714 bits per heavy atom. The number of ether oxygens (including phenoxy) is 15. The van der Waals surface area contributed by atoms with Gasteiger partial charge in [-0.15, -0.1) is 0 Å².